The van der Waals surface area contributed by atoms with Gasteiger partial charge in [-0.25, -0.2) is 14.6 Å². The maximum Gasteiger partial charge on any atom is 0.360 e. The van der Waals surface area contributed by atoms with Gasteiger partial charge in [0.2, 0.25) is 0 Å². The third-order valence-corrected chi connectivity index (χ3v) is 3.95. The molecule has 6 nitrogen and oxygen atoms in total. The molecule has 0 N–H and O–H groups in total. The van der Waals surface area contributed by atoms with E-state index in [1.807, 2.05) is 36.4 Å². The molecule has 2 aromatic rings. The molecule has 0 spiro atoms. The summed E-state index contributed by atoms with van der Waals surface area (Å²) in [6.45, 7) is 9.35. The fraction of sp³-hybridized carbons (Fsp3) is 0.200. The lowest BCUT2D eigenvalue weighted by Gasteiger charge is -2.12. The summed E-state index contributed by atoms with van der Waals surface area (Å²) in [6.07, 6.45) is 7.80. The summed E-state index contributed by atoms with van der Waals surface area (Å²) in [6, 6.07) is 3.51. The number of halogens is 1. The van der Waals surface area contributed by atoms with Crippen LogP contribution in [0, 0.1) is 3.70 Å². The normalized spacial score (nSPS) is 10.9. The number of carbonyl (C=O) groups excluding carboxylic acids is 2. The van der Waals surface area contributed by atoms with Gasteiger partial charge in [0.05, 0.1) is 12.7 Å². The number of aromatic nitrogens is 2. The number of hydrogen-bond donors (Lipinski definition) is 0. The number of fused-ring (bicyclic) bond motifs is 1. The van der Waals surface area contributed by atoms with Crippen LogP contribution in [-0.4, -0.2) is 29.0 Å². The Morgan fingerprint density at radius 1 is 1.30 bits per heavy atom. The van der Waals surface area contributed by atoms with Gasteiger partial charge in [-0.2, -0.15) is 0 Å². The van der Waals surface area contributed by atoms with Crippen molar-refractivity contribution >= 4 is 45.4 Å². The molecule has 2 rings (SSSR count). The summed E-state index contributed by atoms with van der Waals surface area (Å²) < 4.78 is 10.8. The lowest BCUT2D eigenvalue weighted by atomic mass is 10.2. The second kappa shape index (κ2) is 11.2. The van der Waals surface area contributed by atoms with Gasteiger partial charge in [0, 0.05) is 11.6 Å². The van der Waals surface area contributed by atoms with Crippen LogP contribution in [-0.2, 0) is 9.53 Å². The van der Waals surface area contributed by atoms with E-state index in [4.69, 9.17) is 9.47 Å². The van der Waals surface area contributed by atoms with Gasteiger partial charge in [0.15, 0.2) is 11.4 Å². The summed E-state index contributed by atoms with van der Waals surface area (Å²) >= 11 is 1.99. The summed E-state index contributed by atoms with van der Waals surface area (Å²) in [5.41, 5.74) is 0.523. The summed E-state index contributed by atoms with van der Waals surface area (Å²) in [5, 5.41) is 0.666. The van der Waals surface area contributed by atoms with Gasteiger partial charge in [0.25, 0.3) is 0 Å². The van der Waals surface area contributed by atoms with Gasteiger partial charge >= 0.3 is 11.9 Å². The predicted octanol–water partition coefficient (Wildman–Crippen LogP) is 4.64. The van der Waals surface area contributed by atoms with Gasteiger partial charge in [-0.3, -0.25) is 4.98 Å². The maximum absolute atomic E-state index is 12.5. The number of methoxy groups -OCH3 is 1. The van der Waals surface area contributed by atoms with Crippen molar-refractivity contribution in [2.75, 3.05) is 7.11 Å². The van der Waals surface area contributed by atoms with E-state index in [9.17, 15) is 9.59 Å². The van der Waals surface area contributed by atoms with Crippen LogP contribution in [0.3, 0.4) is 0 Å². The third-order valence-electron chi connectivity index (χ3n) is 3.12. The average molecular weight is 480 g/mol. The Labute approximate surface area is 172 Å². The lowest BCUT2D eigenvalue weighted by molar-refractivity contribution is -0.129. The quantitative estimate of drug-likeness (QED) is 0.204. The topological polar surface area (TPSA) is 78.4 Å². The predicted molar refractivity (Wildman–Crippen MR) is 114 cm³/mol. The number of allylic oxidation sites excluding steroid dienone is 3. The van der Waals surface area contributed by atoms with Gasteiger partial charge in [-0.1, -0.05) is 38.7 Å². The van der Waals surface area contributed by atoms with Crippen molar-refractivity contribution in [3.63, 3.8) is 0 Å². The number of esters is 2. The molecular weight excluding hydrogens is 459 g/mol. The van der Waals surface area contributed by atoms with Crippen LogP contribution in [0.2, 0.25) is 0 Å². The largest absolute Gasteiger partial charge is 0.464 e. The molecule has 27 heavy (non-hydrogen) atoms. The Bertz CT molecular complexity index is 904. The molecule has 0 bridgehead atoms. The molecule has 142 valence electrons. The van der Waals surface area contributed by atoms with Gasteiger partial charge in [0.1, 0.15) is 9.22 Å². The van der Waals surface area contributed by atoms with E-state index in [1.54, 1.807) is 37.4 Å². The van der Waals surface area contributed by atoms with Crippen LogP contribution < -0.4 is 4.74 Å². The molecule has 0 atom stereocenters. The van der Waals surface area contributed by atoms with Crippen LogP contribution in [0.1, 0.15) is 31.3 Å². The maximum atomic E-state index is 12.5. The minimum Gasteiger partial charge on any atom is -0.464 e. The third kappa shape index (κ3) is 5.46. The fourth-order valence-corrected chi connectivity index (χ4v) is 2.73. The smallest absolute Gasteiger partial charge is 0.360 e. The minimum absolute atomic E-state index is 0.0349. The second-order valence-electron chi connectivity index (χ2n) is 4.72. The minimum atomic E-state index is -0.714. The summed E-state index contributed by atoms with van der Waals surface area (Å²) in [7, 11) is 1.23. The molecule has 7 heteroatoms. The molecule has 0 fully saturated rings. The van der Waals surface area contributed by atoms with Crippen molar-refractivity contribution in [2.45, 2.75) is 20.8 Å². The fourth-order valence-electron chi connectivity index (χ4n) is 2.06. The number of carbonyl (C=O) groups is 2. The molecule has 0 amide bonds. The Kier molecular flexibility index (Phi) is 9.35. The molecule has 0 unspecified atom stereocenters. The zero-order chi connectivity index (χ0) is 20.4. The molecule has 2 aromatic heterocycles. The second-order valence-corrected chi connectivity index (χ2v) is 5.74. The average Bonchev–Trinajstić information content (AvgIpc) is 2.70. The molecule has 0 aliphatic carbocycles. The van der Waals surface area contributed by atoms with E-state index in [0.29, 0.717) is 14.6 Å². The molecule has 0 saturated heterocycles. The lowest BCUT2D eigenvalue weighted by Crippen LogP contribution is -2.16. The van der Waals surface area contributed by atoms with Crippen molar-refractivity contribution in [1.29, 1.82) is 0 Å². The van der Waals surface area contributed by atoms with Crippen LogP contribution >= 0.6 is 22.6 Å². The Morgan fingerprint density at radius 3 is 2.59 bits per heavy atom. The Balaban J connectivity index is 0.00000176. The van der Waals surface area contributed by atoms with E-state index < -0.39 is 11.9 Å². The highest BCUT2D eigenvalue weighted by Crippen LogP contribution is 2.30. The number of nitrogens with zero attached hydrogens (tertiary/aromatic N) is 2. The summed E-state index contributed by atoms with van der Waals surface area (Å²) in [4.78, 5) is 33.0. The van der Waals surface area contributed by atoms with E-state index in [2.05, 4.69) is 16.5 Å². The highest BCUT2D eigenvalue weighted by atomic mass is 127. The first-order valence-corrected chi connectivity index (χ1v) is 9.31. The van der Waals surface area contributed by atoms with Gasteiger partial charge < -0.3 is 9.47 Å². The van der Waals surface area contributed by atoms with Crippen molar-refractivity contribution in [1.82, 2.24) is 9.97 Å². The monoisotopic (exact) mass is 480 g/mol. The molecule has 0 aliphatic rings. The first-order valence-electron chi connectivity index (χ1n) is 8.23. The van der Waals surface area contributed by atoms with Crippen LogP contribution in [0.25, 0.3) is 10.9 Å². The van der Waals surface area contributed by atoms with Gasteiger partial charge in [-0.05, 0) is 47.7 Å². The zero-order valence-electron chi connectivity index (χ0n) is 15.7. The Morgan fingerprint density at radius 2 is 2.00 bits per heavy atom. The van der Waals surface area contributed by atoms with Crippen molar-refractivity contribution in [3.05, 3.63) is 64.2 Å². The SMILES string of the molecule is C=C/C=C(\C=C/C)C(=O)Oc1c(C(=O)OC)nc(I)c2cccnc12.CC. The van der Waals surface area contributed by atoms with E-state index >= 15 is 0 Å². The molecular formula is C20H21IN2O4. The first kappa shape index (κ1) is 22.5. The van der Waals surface area contributed by atoms with Crippen molar-refractivity contribution in [3.8, 4) is 5.75 Å². The number of pyridine rings is 2. The van der Waals surface area contributed by atoms with E-state index in [-0.39, 0.29) is 17.0 Å². The first-order chi connectivity index (χ1) is 13.0. The number of hydrogen-bond acceptors (Lipinski definition) is 6. The van der Waals surface area contributed by atoms with Crippen LogP contribution in [0.4, 0.5) is 0 Å². The Hall–Kier alpha value is -2.55. The zero-order valence-corrected chi connectivity index (χ0v) is 17.8. The number of rotatable bonds is 5. The van der Waals surface area contributed by atoms with Crippen LogP contribution in [0.5, 0.6) is 5.75 Å². The van der Waals surface area contributed by atoms with Crippen molar-refractivity contribution in [2.24, 2.45) is 0 Å². The van der Waals surface area contributed by atoms with Crippen LogP contribution in [0.15, 0.2) is 54.8 Å². The van der Waals surface area contributed by atoms with E-state index in [0.717, 1.165) is 0 Å². The molecule has 0 saturated carbocycles. The molecule has 0 radical (unpaired) electrons. The highest BCUT2D eigenvalue weighted by molar-refractivity contribution is 14.1. The van der Waals surface area contributed by atoms with Crippen molar-refractivity contribution < 1.29 is 19.1 Å². The molecule has 0 aromatic carbocycles. The van der Waals surface area contributed by atoms with E-state index in [1.165, 1.54) is 19.3 Å². The highest BCUT2D eigenvalue weighted by Gasteiger charge is 2.24. The standard InChI is InChI=1S/C18H15IN2O4.C2H6/c1-4-7-11(8-5-2)17(22)25-15-13-12(9-6-10-20-13)16(19)21-14(15)18(23)24-3;1-2/h4-10H,1H2,2-3H3;1-2H3/b8-5-,11-7+;. The van der Waals surface area contributed by atoms with Gasteiger partial charge in [-0.15, -0.1) is 0 Å². The molecule has 0 aliphatic heterocycles. The number of ether oxygens (including phenoxy) is 2. The summed E-state index contributed by atoms with van der Waals surface area (Å²) in [5.74, 6) is -1.40. The molecule has 2 heterocycles.